The van der Waals surface area contributed by atoms with E-state index in [0.29, 0.717) is 11.4 Å². The summed E-state index contributed by atoms with van der Waals surface area (Å²) < 4.78 is 83.5. The maximum absolute atomic E-state index is 13.9. The lowest BCUT2D eigenvalue weighted by Gasteiger charge is -2.31. The summed E-state index contributed by atoms with van der Waals surface area (Å²) >= 11 is 0. The smallest absolute Gasteiger partial charge is 0.310 e. The number of anilines is 6. The molecule has 0 radical (unpaired) electrons. The molecule has 0 aliphatic heterocycles. The third-order valence-corrected chi connectivity index (χ3v) is 11.4. The molecule has 302 valence electrons. The number of benzene rings is 10. The Morgan fingerprint density at radius 3 is 0.903 bits per heavy atom. The zero-order valence-corrected chi connectivity index (χ0v) is 32.8. The minimum Gasteiger partial charge on any atom is -0.310 e. The summed E-state index contributed by atoms with van der Waals surface area (Å²) in [5, 5.41) is 5.51. The first kappa shape index (κ1) is 38.6. The van der Waals surface area contributed by atoms with Crippen molar-refractivity contribution < 1.29 is 26.3 Å². The van der Waals surface area contributed by atoms with Crippen molar-refractivity contribution in [3.05, 3.63) is 217 Å². The van der Waals surface area contributed by atoms with Crippen LogP contribution in [-0.4, -0.2) is 0 Å². The van der Waals surface area contributed by atoms with Crippen LogP contribution in [0.3, 0.4) is 0 Å². The summed E-state index contributed by atoms with van der Waals surface area (Å²) in [5.74, 6) is 0. The van der Waals surface area contributed by atoms with Gasteiger partial charge in [0.15, 0.2) is 0 Å². The van der Waals surface area contributed by atoms with Gasteiger partial charge in [-0.1, -0.05) is 121 Å². The van der Waals surface area contributed by atoms with Crippen molar-refractivity contribution in [2.45, 2.75) is 12.4 Å². The third-order valence-electron chi connectivity index (χ3n) is 11.4. The molecule has 0 N–H and O–H groups in total. The number of rotatable bonds is 8. The molecule has 0 saturated carbocycles. The quantitative estimate of drug-likeness (QED) is 0.111. The van der Waals surface area contributed by atoms with Gasteiger partial charge in [-0.25, -0.2) is 0 Å². The van der Waals surface area contributed by atoms with Crippen LogP contribution in [0.15, 0.2) is 206 Å². The van der Waals surface area contributed by atoms with Crippen molar-refractivity contribution in [3.63, 3.8) is 0 Å². The van der Waals surface area contributed by atoms with Crippen molar-refractivity contribution >= 4 is 66.4 Å². The van der Waals surface area contributed by atoms with Crippen LogP contribution in [0.5, 0.6) is 0 Å². The number of para-hydroxylation sites is 2. The molecular formula is C54H34F6N2. The highest BCUT2D eigenvalue weighted by atomic mass is 19.4. The van der Waals surface area contributed by atoms with Gasteiger partial charge in [-0.2, -0.15) is 26.3 Å². The Bertz CT molecular complexity index is 2950. The summed E-state index contributed by atoms with van der Waals surface area (Å²) in [6.07, 6.45) is -9.02. The molecule has 0 aliphatic carbocycles. The van der Waals surface area contributed by atoms with E-state index in [1.165, 1.54) is 24.3 Å². The van der Waals surface area contributed by atoms with Crippen LogP contribution >= 0.6 is 0 Å². The molecule has 2 nitrogen and oxygen atoms in total. The Labute approximate surface area is 353 Å². The number of hydrogen-bond donors (Lipinski definition) is 0. The summed E-state index contributed by atoms with van der Waals surface area (Å²) in [4.78, 5) is 3.99. The lowest BCUT2D eigenvalue weighted by atomic mass is 9.85. The van der Waals surface area contributed by atoms with Crippen LogP contribution in [-0.2, 0) is 12.4 Å². The number of nitrogens with zero attached hydrogens (tertiary/aromatic N) is 2. The second kappa shape index (κ2) is 15.2. The molecule has 0 amide bonds. The molecule has 0 fully saturated rings. The number of alkyl halides is 6. The van der Waals surface area contributed by atoms with Crippen LogP contribution in [0.2, 0.25) is 0 Å². The minimum absolute atomic E-state index is 0.543. The van der Waals surface area contributed by atoms with Gasteiger partial charge in [-0.15, -0.1) is 0 Å². The first-order valence-electron chi connectivity index (χ1n) is 20.0. The standard InChI is InChI=1S/C54H34F6N2/c55-53(56,57)37-21-25-41(26-22-37)61(39-17-9-3-10-18-39)49-33-47(35-13-5-1-6-14-35)43-29-31-46-50(34-48(36-15-7-2-8-16-36)44-30-32-45(49)51(43)52(44)46)62(40-19-11-4-12-20-40)42-27-23-38(24-28-42)54(58,59)60/h1-34H. The maximum Gasteiger partial charge on any atom is 0.416 e. The molecular weight excluding hydrogens is 791 g/mol. The van der Waals surface area contributed by atoms with Gasteiger partial charge in [0.05, 0.1) is 22.5 Å². The lowest BCUT2D eigenvalue weighted by molar-refractivity contribution is -0.138. The first-order valence-corrected chi connectivity index (χ1v) is 20.0. The third kappa shape index (κ3) is 6.83. The first-order chi connectivity index (χ1) is 30.0. The molecule has 0 unspecified atom stereocenters. The van der Waals surface area contributed by atoms with E-state index < -0.39 is 23.5 Å². The Balaban J connectivity index is 1.34. The minimum atomic E-state index is -4.51. The van der Waals surface area contributed by atoms with Gasteiger partial charge in [0.2, 0.25) is 0 Å². The SMILES string of the molecule is FC(F)(F)c1ccc(N(c2ccccc2)c2cc(-c3ccccc3)c3ccc4c(N(c5ccccc5)c5ccc(C(F)(F)F)cc5)cc(-c5ccccc5)c5ccc2c3c54)cc1. The second-order valence-corrected chi connectivity index (χ2v) is 15.1. The molecule has 10 rings (SSSR count). The molecule has 10 aromatic rings. The van der Waals surface area contributed by atoms with Gasteiger partial charge in [0, 0.05) is 44.3 Å². The fraction of sp³-hybridized carbons (Fsp3) is 0.0370. The number of halogens is 6. The van der Waals surface area contributed by atoms with Gasteiger partial charge in [0.1, 0.15) is 0 Å². The average Bonchev–Trinajstić information content (AvgIpc) is 3.30. The topological polar surface area (TPSA) is 6.48 Å². The number of hydrogen-bond acceptors (Lipinski definition) is 2. The Hall–Kier alpha value is -7.58. The van der Waals surface area contributed by atoms with E-state index in [4.69, 9.17) is 0 Å². The predicted octanol–water partition coefficient (Wildman–Crippen LogP) is 16.9. The Morgan fingerprint density at radius 2 is 0.581 bits per heavy atom. The molecule has 0 aliphatic rings. The van der Waals surface area contributed by atoms with E-state index in [1.807, 2.05) is 131 Å². The van der Waals surface area contributed by atoms with Gasteiger partial charge in [-0.3, -0.25) is 0 Å². The van der Waals surface area contributed by atoms with Crippen LogP contribution in [0, 0.1) is 0 Å². The van der Waals surface area contributed by atoms with Crippen LogP contribution in [0.1, 0.15) is 11.1 Å². The van der Waals surface area contributed by atoms with Gasteiger partial charge in [0.25, 0.3) is 0 Å². The van der Waals surface area contributed by atoms with E-state index in [2.05, 4.69) is 36.4 Å². The van der Waals surface area contributed by atoms with Crippen molar-refractivity contribution in [2.75, 3.05) is 9.80 Å². The second-order valence-electron chi connectivity index (χ2n) is 15.1. The molecule has 62 heavy (non-hydrogen) atoms. The average molecular weight is 825 g/mol. The van der Waals surface area contributed by atoms with Gasteiger partial charge in [-0.05, 0) is 118 Å². The summed E-state index contributed by atoms with van der Waals surface area (Å²) in [6.45, 7) is 0. The highest BCUT2D eigenvalue weighted by molar-refractivity contribution is 6.32. The van der Waals surface area contributed by atoms with Gasteiger partial charge >= 0.3 is 12.4 Å². The predicted molar refractivity (Wildman–Crippen MR) is 240 cm³/mol. The van der Waals surface area contributed by atoms with Crippen molar-refractivity contribution in [2.24, 2.45) is 0 Å². The largest absolute Gasteiger partial charge is 0.416 e. The summed E-state index contributed by atoms with van der Waals surface area (Å²) in [6, 6.07) is 62.2. The molecule has 0 aromatic heterocycles. The highest BCUT2D eigenvalue weighted by Crippen LogP contribution is 2.52. The summed E-state index contributed by atoms with van der Waals surface area (Å²) in [7, 11) is 0. The zero-order valence-electron chi connectivity index (χ0n) is 32.8. The zero-order chi connectivity index (χ0) is 42.6. The van der Waals surface area contributed by atoms with Crippen molar-refractivity contribution in [1.29, 1.82) is 0 Å². The maximum atomic E-state index is 13.9. The fourth-order valence-corrected chi connectivity index (χ4v) is 8.65. The van der Waals surface area contributed by atoms with E-state index >= 15 is 0 Å². The van der Waals surface area contributed by atoms with Crippen LogP contribution in [0.25, 0.3) is 54.6 Å². The summed E-state index contributed by atoms with van der Waals surface area (Å²) in [5.41, 5.74) is 6.36. The molecule has 8 heteroatoms. The van der Waals surface area contributed by atoms with Crippen LogP contribution < -0.4 is 9.80 Å². The molecule has 0 saturated heterocycles. The van der Waals surface area contributed by atoms with Crippen molar-refractivity contribution in [3.8, 4) is 22.3 Å². The molecule has 10 aromatic carbocycles. The van der Waals surface area contributed by atoms with E-state index in [-0.39, 0.29) is 0 Å². The molecule has 0 atom stereocenters. The normalized spacial score (nSPS) is 12.0. The van der Waals surface area contributed by atoms with E-state index in [9.17, 15) is 26.3 Å². The highest BCUT2D eigenvalue weighted by Gasteiger charge is 2.32. The lowest BCUT2D eigenvalue weighted by Crippen LogP contribution is -2.13. The van der Waals surface area contributed by atoms with Crippen molar-refractivity contribution in [1.82, 2.24) is 0 Å². The van der Waals surface area contributed by atoms with Crippen LogP contribution in [0.4, 0.5) is 60.5 Å². The molecule has 0 heterocycles. The van der Waals surface area contributed by atoms with E-state index in [1.54, 1.807) is 0 Å². The molecule has 0 spiro atoms. The Morgan fingerprint density at radius 1 is 0.290 bits per heavy atom. The molecule has 0 bridgehead atoms. The van der Waals surface area contributed by atoms with Gasteiger partial charge < -0.3 is 9.80 Å². The Kier molecular flexibility index (Phi) is 9.44. The fourth-order valence-electron chi connectivity index (χ4n) is 8.65. The van der Waals surface area contributed by atoms with E-state index in [0.717, 1.165) is 102 Å². The monoisotopic (exact) mass is 824 g/mol.